The van der Waals surface area contributed by atoms with Crippen molar-refractivity contribution in [2.75, 3.05) is 40.9 Å². The highest BCUT2D eigenvalue weighted by molar-refractivity contribution is 7.18. The first kappa shape index (κ1) is 22.0. The SMILES string of the molecule is COC(=O)c1sc(NC(=O)c2cc(OC)c(OC)c(OC)c2)c(C(=O)OC)c1C. The van der Waals surface area contributed by atoms with E-state index in [2.05, 4.69) is 5.32 Å². The van der Waals surface area contributed by atoms with E-state index >= 15 is 0 Å². The molecule has 0 unspecified atom stereocenters. The van der Waals surface area contributed by atoms with Crippen LogP contribution in [0.1, 0.15) is 36.0 Å². The standard InChI is InChI=1S/C19H21NO8S/c1-9-13(18(22)27-5)17(29-15(9)19(23)28-6)20-16(21)10-7-11(24-2)14(26-4)12(8-10)25-3/h7-8H,1-6H3,(H,20,21). The highest BCUT2D eigenvalue weighted by atomic mass is 32.1. The molecule has 1 amide bonds. The second-order valence-electron chi connectivity index (χ2n) is 5.61. The maximum absolute atomic E-state index is 12.8. The Hall–Kier alpha value is -3.27. The van der Waals surface area contributed by atoms with E-state index in [1.54, 1.807) is 6.92 Å². The predicted molar refractivity (Wildman–Crippen MR) is 106 cm³/mol. The Balaban J connectivity index is 2.50. The zero-order valence-electron chi connectivity index (χ0n) is 16.8. The third kappa shape index (κ3) is 4.27. The molecule has 0 spiro atoms. The Bertz CT molecular complexity index is 925. The molecule has 0 radical (unpaired) electrons. The molecule has 0 saturated carbocycles. The van der Waals surface area contributed by atoms with Gasteiger partial charge in [0.1, 0.15) is 9.88 Å². The maximum Gasteiger partial charge on any atom is 0.348 e. The number of benzene rings is 1. The highest BCUT2D eigenvalue weighted by Gasteiger charge is 2.27. The summed E-state index contributed by atoms with van der Waals surface area (Å²) in [6.45, 7) is 1.57. The minimum atomic E-state index is -0.686. The lowest BCUT2D eigenvalue weighted by atomic mass is 10.1. The number of esters is 2. The van der Waals surface area contributed by atoms with Crippen LogP contribution in [-0.4, -0.2) is 53.4 Å². The molecule has 1 N–H and O–H groups in total. The van der Waals surface area contributed by atoms with Crippen molar-refractivity contribution < 1.29 is 38.1 Å². The lowest BCUT2D eigenvalue weighted by Gasteiger charge is -2.14. The Morgan fingerprint density at radius 1 is 0.862 bits per heavy atom. The minimum Gasteiger partial charge on any atom is -0.493 e. The summed E-state index contributed by atoms with van der Waals surface area (Å²) in [7, 11) is 6.75. The number of hydrogen-bond acceptors (Lipinski definition) is 9. The largest absolute Gasteiger partial charge is 0.493 e. The van der Waals surface area contributed by atoms with Crippen molar-refractivity contribution in [2.45, 2.75) is 6.92 Å². The first-order valence-corrected chi connectivity index (χ1v) is 9.05. The van der Waals surface area contributed by atoms with E-state index in [0.717, 1.165) is 11.3 Å². The van der Waals surface area contributed by atoms with Gasteiger partial charge in [-0.2, -0.15) is 0 Å². The van der Waals surface area contributed by atoms with Gasteiger partial charge < -0.3 is 29.0 Å². The number of ether oxygens (including phenoxy) is 5. The zero-order valence-corrected chi connectivity index (χ0v) is 17.6. The fourth-order valence-electron chi connectivity index (χ4n) is 2.62. The first-order valence-electron chi connectivity index (χ1n) is 8.24. The molecule has 0 saturated heterocycles. The average molecular weight is 423 g/mol. The zero-order chi connectivity index (χ0) is 21.7. The number of hydrogen-bond donors (Lipinski definition) is 1. The lowest BCUT2D eigenvalue weighted by molar-refractivity contribution is 0.0601. The van der Waals surface area contributed by atoms with Crippen LogP contribution < -0.4 is 19.5 Å². The monoisotopic (exact) mass is 423 g/mol. The predicted octanol–water partition coefficient (Wildman–Crippen LogP) is 2.91. The van der Waals surface area contributed by atoms with E-state index < -0.39 is 17.8 Å². The van der Waals surface area contributed by atoms with Crippen molar-refractivity contribution in [3.63, 3.8) is 0 Å². The minimum absolute atomic E-state index is 0.0821. The molecule has 0 bridgehead atoms. The molecule has 156 valence electrons. The van der Waals surface area contributed by atoms with Crippen LogP contribution in [0.15, 0.2) is 12.1 Å². The molecule has 29 heavy (non-hydrogen) atoms. The smallest absolute Gasteiger partial charge is 0.348 e. The van der Waals surface area contributed by atoms with Gasteiger partial charge in [0.2, 0.25) is 5.75 Å². The number of nitrogens with one attached hydrogen (secondary N) is 1. The quantitative estimate of drug-likeness (QED) is 0.677. The summed E-state index contributed by atoms with van der Waals surface area (Å²) in [6.07, 6.45) is 0. The molecule has 2 rings (SSSR count). The van der Waals surface area contributed by atoms with Gasteiger partial charge in [0.15, 0.2) is 11.5 Å². The number of carbonyl (C=O) groups is 3. The Kier molecular flexibility index (Phi) is 7.05. The van der Waals surface area contributed by atoms with Gasteiger partial charge in [0, 0.05) is 5.56 Å². The molecular weight excluding hydrogens is 402 g/mol. The Labute approximate surface area is 171 Å². The van der Waals surface area contributed by atoms with Gasteiger partial charge >= 0.3 is 11.9 Å². The summed E-state index contributed by atoms with van der Waals surface area (Å²) >= 11 is 0.919. The van der Waals surface area contributed by atoms with Crippen molar-refractivity contribution in [2.24, 2.45) is 0 Å². The first-order chi connectivity index (χ1) is 13.8. The van der Waals surface area contributed by atoms with Gasteiger partial charge in [-0.15, -0.1) is 11.3 Å². The van der Waals surface area contributed by atoms with Crippen molar-refractivity contribution in [3.8, 4) is 17.2 Å². The van der Waals surface area contributed by atoms with Gasteiger partial charge in [0.05, 0.1) is 41.1 Å². The Morgan fingerprint density at radius 3 is 1.86 bits per heavy atom. The average Bonchev–Trinajstić information content (AvgIpc) is 3.06. The third-order valence-electron chi connectivity index (χ3n) is 4.06. The van der Waals surface area contributed by atoms with E-state index in [9.17, 15) is 14.4 Å². The molecule has 0 aliphatic heterocycles. The van der Waals surface area contributed by atoms with E-state index in [1.807, 2.05) is 0 Å². The summed E-state index contributed by atoms with van der Waals surface area (Å²) in [6, 6.07) is 2.94. The second kappa shape index (κ2) is 9.28. The number of amides is 1. The summed E-state index contributed by atoms with van der Waals surface area (Å²) in [5, 5.41) is 2.80. The maximum atomic E-state index is 12.8. The van der Waals surface area contributed by atoms with Crippen LogP contribution in [0.4, 0.5) is 5.00 Å². The van der Waals surface area contributed by atoms with E-state index in [0.29, 0.717) is 22.8 Å². The lowest BCUT2D eigenvalue weighted by Crippen LogP contribution is -2.15. The van der Waals surface area contributed by atoms with Gasteiger partial charge in [-0.1, -0.05) is 0 Å². The number of carbonyl (C=O) groups excluding carboxylic acids is 3. The van der Waals surface area contributed by atoms with Crippen LogP contribution in [0.5, 0.6) is 17.2 Å². The van der Waals surface area contributed by atoms with E-state index in [4.69, 9.17) is 23.7 Å². The van der Waals surface area contributed by atoms with E-state index in [1.165, 1.54) is 47.7 Å². The molecule has 0 atom stereocenters. The van der Waals surface area contributed by atoms with Gasteiger partial charge in [0.25, 0.3) is 5.91 Å². The fraction of sp³-hybridized carbons (Fsp3) is 0.316. The van der Waals surface area contributed by atoms with Crippen LogP contribution >= 0.6 is 11.3 Å². The van der Waals surface area contributed by atoms with E-state index in [-0.39, 0.29) is 21.0 Å². The van der Waals surface area contributed by atoms with Crippen LogP contribution in [0, 0.1) is 6.92 Å². The van der Waals surface area contributed by atoms with Crippen molar-refractivity contribution in [1.82, 2.24) is 0 Å². The molecule has 1 heterocycles. The van der Waals surface area contributed by atoms with Crippen LogP contribution in [0.2, 0.25) is 0 Å². The molecule has 1 aromatic heterocycles. The molecule has 2 aromatic rings. The Morgan fingerprint density at radius 2 is 1.41 bits per heavy atom. The fourth-order valence-corrected chi connectivity index (χ4v) is 3.73. The molecule has 9 nitrogen and oxygen atoms in total. The summed E-state index contributed by atoms with van der Waals surface area (Å²) in [5.74, 6) is -0.931. The summed E-state index contributed by atoms with van der Waals surface area (Å²) in [5.41, 5.74) is 0.633. The van der Waals surface area contributed by atoms with Crippen molar-refractivity contribution in [1.29, 1.82) is 0 Å². The number of methoxy groups -OCH3 is 5. The van der Waals surface area contributed by atoms with Crippen molar-refractivity contribution >= 4 is 34.2 Å². The summed E-state index contributed by atoms with van der Waals surface area (Å²) < 4.78 is 25.3. The van der Waals surface area contributed by atoms with Gasteiger partial charge in [-0.05, 0) is 24.6 Å². The molecular formula is C19H21NO8S. The third-order valence-corrected chi connectivity index (χ3v) is 5.25. The second-order valence-corrected chi connectivity index (χ2v) is 6.63. The van der Waals surface area contributed by atoms with Crippen LogP contribution in [0.3, 0.4) is 0 Å². The number of thiophene rings is 1. The molecule has 0 aliphatic carbocycles. The topological polar surface area (TPSA) is 109 Å². The van der Waals surface area contributed by atoms with Gasteiger partial charge in [-0.3, -0.25) is 4.79 Å². The molecule has 0 fully saturated rings. The molecule has 0 aliphatic rings. The number of rotatable bonds is 7. The summed E-state index contributed by atoms with van der Waals surface area (Å²) in [4.78, 5) is 37.2. The number of anilines is 1. The van der Waals surface area contributed by atoms with Crippen LogP contribution in [0.25, 0.3) is 0 Å². The highest BCUT2D eigenvalue weighted by Crippen LogP contribution is 2.39. The molecule has 1 aromatic carbocycles. The molecule has 10 heteroatoms. The normalized spacial score (nSPS) is 10.1. The van der Waals surface area contributed by atoms with Gasteiger partial charge in [-0.25, -0.2) is 9.59 Å². The van der Waals surface area contributed by atoms with Crippen molar-refractivity contribution in [3.05, 3.63) is 33.7 Å². The van der Waals surface area contributed by atoms with Crippen LogP contribution in [-0.2, 0) is 9.47 Å².